The largest absolute Gasteiger partial charge is 0.493 e. The molecule has 2 bridgehead atoms. The summed E-state index contributed by atoms with van der Waals surface area (Å²) in [6.45, 7) is -3.10. The van der Waals surface area contributed by atoms with Crippen molar-refractivity contribution in [2.75, 3.05) is 20.6 Å². The van der Waals surface area contributed by atoms with Crippen LogP contribution in [0, 0.1) is 5.89 Å². The van der Waals surface area contributed by atoms with Crippen LogP contribution >= 0.6 is 0 Å². The molecule has 5 rings (SSSR count). The van der Waals surface area contributed by atoms with Gasteiger partial charge in [0.1, 0.15) is 0 Å². The molecular weight excluding hydrogens is 278 g/mol. The van der Waals surface area contributed by atoms with Gasteiger partial charge in [-0.1, -0.05) is 6.07 Å². The average Bonchev–Trinajstić information content (AvgIpc) is 2.92. The van der Waals surface area contributed by atoms with E-state index in [1.54, 1.807) is 0 Å². The van der Waals surface area contributed by atoms with Crippen LogP contribution in [0.2, 0.25) is 0 Å². The zero-order valence-electron chi connectivity index (χ0n) is 20.2. The van der Waals surface area contributed by atoms with E-state index in [9.17, 15) is 7.54 Å². The smallest absolute Gasteiger partial charge is 0.174 e. The summed E-state index contributed by atoms with van der Waals surface area (Å²) in [7, 11) is 1.39. The molecule has 4 atom stereocenters. The lowest BCUT2D eigenvalue weighted by Crippen LogP contribution is -2.65. The van der Waals surface area contributed by atoms with Crippen molar-refractivity contribution < 1.29 is 25.2 Å². The topological polar surface area (TPSA) is 38.8 Å². The van der Waals surface area contributed by atoms with Crippen molar-refractivity contribution in [1.82, 2.24) is 4.90 Å². The van der Waals surface area contributed by atoms with E-state index in [1.165, 1.54) is 19.2 Å². The first-order valence-corrected chi connectivity index (χ1v) is 7.46. The van der Waals surface area contributed by atoms with E-state index in [4.69, 9.17) is 17.7 Å². The van der Waals surface area contributed by atoms with Gasteiger partial charge in [0.05, 0.1) is 8.48 Å². The van der Waals surface area contributed by atoms with Gasteiger partial charge >= 0.3 is 0 Å². The first-order valence-electron chi connectivity index (χ1n) is 11.5. The van der Waals surface area contributed by atoms with E-state index in [0.29, 0.717) is 0 Å². The van der Waals surface area contributed by atoms with Crippen LogP contribution in [-0.4, -0.2) is 43.4 Å². The van der Waals surface area contributed by atoms with Crippen LogP contribution in [0.4, 0.5) is 0 Å². The summed E-state index contributed by atoms with van der Waals surface area (Å²) >= 11 is 0. The number of carbonyl (C=O) groups is 1. The van der Waals surface area contributed by atoms with Crippen molar-refractivity contribution in [1.29, 1.82) is 0 Å². The van der Waals surface area contributed by atoms with E-state index in [0.717, 1.165) is 4.90 Å². The van der Waals surface area contributed by atoms with Crippen molar-refractivity contribution in [3.05, 3.63) is 23.3 Å². The zero-order chi connectivity index (χ0) is 22.1. The minimum Gasteiger partial charge on any atom is -0.493 e. The Hall–Kier alpha value is -1.55. The number of hydrogen-bond acceptors (Lipinski definition) is 4. The number of likely N-dealkylation sites (tertiary alicyclic amines) is 1. The fraction of sp³-hybridized carbons (Fsp3) is 0.611. The van der Waals surface area contributed by atoms with Gasteiger partial charge in [-0.15, -0.1) is 0 Å². The number of ether oxygens (including phenoxy) is 2. The third-order valence-electron chi connectivity index (χ3n) is 5.25. The second kappa shape index (κ2) is 4.05. The molecule has 0 amide bonds. The lowest BCUT2D eigenvalue weighted by Gasteiger charge is -2.57. The molecular formula is C18H21NO3. The predicted octanol–water partition coefficient (Wildman–Crippen LogP) is 1.93. The molecule has 2 aliphatic carbocycles. The molecule has 4 nitrogen and oxygen atoms in total. The number of Topliss-reactive ketones (excluding diaryl/α,β-unsaturated/α-hetero) is 1. The number of rotatable bonds is 1. The molecule has 1 aromatic rings. The molecule has 116 valence electrons. The van der Waals surface area contributed by atoms with Gasteiger partial charge in [-0.05, 0) is 50.3 Å². The van der Waals surface area contributed by atoms with Gasteiger partial charge in [0, 0.05) is 33.0 Å². The molecule has 4 heteroatoms. The van der Waals surface area contributed by atoms with Crippen LogP contribution in [0.3, 0.4) is 0 Å². The zero-order valence-corrected chi connectivity index (χ0v) is 12.2. The summed E-state index contributed by atoms with van der Waals surface area (Å²) in [5.74, 6) is -2.41. The molecule has 4 aliphatic rings. The van der Waals surface area contributed by atoms with Gasteiger partial charge in [0.25, 0.3) is 0 Å². The number of carbonyl (C=O) groups excluding carboxylic acids is 1. The summed E-state index contributed by atoms with van der Waals surface area (Å²) in [6, 6.07) is 0.270. The molecule has 1 unspecified atom stereocenters. The number of methoxy groups -OCH3 is 1. The number of hydrogen-bond donors (Lipinski definition) is 0. The molecule has 2 aliphatic heterocycles. The van der Waals surface area contributed by atoms with E-state index < -0.39 is 42.5 Å². The number of benzene rings is 1. The van der Waals surface area contributed by atoms with Crippen molar-refractivity contribution in [2.45, 2.75) is 43.1 Å². The van der Waals surface area contributed by atoms with Gasteiger partial charge in [0.2, 0.25) is 0 Å². The van der Waals surface area contributed by atoms with Gasteiger partial charge in [-0.2, -0.15) is 0 Å². The Kier molecular flexibility index (Phi) is 1.35. The summed E-state index contributed by atoms with van der Waals surface area (Å²) < 4.78 is 80.8. The monoisotopic (exact) mass is 307 g/mol. The molecule has 0 N–H and O–H groups in total. The van der Waals surface area contributed by atoms with Crippen molar-refractivity contribution >= 4 is 5.78 Å². The van der Waals surface area contributed by atoms with Crippen LogP contribution in [-0.2, 0) is 16.6 Å². The normalized spacial score (nSPS) is 56.7. The van der Waals surface area contributed by atoms with Crippen molar-refractivity contribution in [3.8, 4) is 11.5 Å². The Morgan fingerprint density at radius 1 is 1.59 bits per heavy atom. The highest BCUT2D eigenvalue weighted by Crippen LogP contribution is 2.62. The second-order valence-corrected chi connectivity index (χ2v) is 6.13. The average molecular weight is 307 g/mol. The van der Waals surface area contributed by atoms with Crippen LogP contribution in [0.15, 0.2) is 12.1 Å². The van der Waals surface area contributed by atoms with E-state index in [2.05, 4.69) is 0 Å². The van der Waals surface area contributed by atoms with Gasteiger partial charge in [-0.3, -0.25) is 4.79 Å². The summed E-state index contributed by atoms with van der Waals surface area (Å²) in [5, 5.41) is 0. The molecule has 0 radical (unpaired) electrons. The summed E-state index contributed by atoms with van der Waals surface area (Å²) in [4.78, 5) is 13.8. The molecule has 1 spiro atoms. The molecule has 1 saturated heterocycles. The van der Waals surface area contributed by atoms with E-state index in [-0.39, 0.29) is 48.4 Å². The SMILES string of the molecule is [2H]C([2H])([2H])N1CC[C@]23c4c5ccc(OC)c4OC2([2H])C(=O)CC[C@@]3([2H])[C@@]1([2H])C5([2H])[2H]. The standard InChI is InChI=1S/C18H21NO3/c1-19-8-7-18-11-4-5-13(20)17(18)22-16-14(21-2)6-3-10(15(16)18)9-12(11)19/h3,6,11-12,17H,4-5,7-9H2,1-2H3/t11-,12+,17?,18-/m0/s1/i1D3,9D2,11D,12D,17D. The van der Waals surface area contributed by atoms with Crippen molar-refractivity contribution in [2.24, 2.45) is 5.89 Å². The predicted molar refractivity (Wildman–Crippen MR) is 81.6 cm³/mol. The van der Waals surface area contributed by atoms with Crippen LogP contribution in [0.5, 0.6) is 11.5 Å². The highest BCUT2D eigenvalue weighted by Gasteiger charge is 2.65. The lowest BCUT2D eigenvalue weighted by atomic mass is 9.52. The van der Waals surface area contributed by atoms with E-state index >= 15 is 0 Å². The van der Waals surface area contributed by atoms with Gasteiger partial charge < -0.3 is 14.4 Å². The molecule has 22 heavy (non-hydrogen) atoms. The Labute approximate surface area is 141 Å². The molecule has 0 aromatic heterocycles. The third kappa shape index (κ3) is 1.27. The fourth-order valence-electron chi connectivity index (χ4n) is 4.34. The molecule has 1 saturated carbocycles. The van der Waals surface area contributed by atoms with Gasteiger partial charge in [-0.25, -0.2) is 0 Å². The maximum absolute atomic E-state index is 13.0. The minimum absolute atomic E-state index is 0.0195. The van der Waals surface area contributed by atoms with E-state index in [1.807, 2.05) is 0 Å². The number of nitrogens with zero attached hydrogens (tertiary/aromatic N) is 1. The number of ketones is 1. The highest BCUT2D eigenvalue weighted by molar-refractivity contribution is 5.89. The minimum atomic E-state index is -2.83. The van der Waals surface area contributed by atoms with Gasteiger partial charge in [0.15, 0.2) is 23.4 Å². The third-order valence-corrected chi connectivity index (χ3v) is 5.25. The maximum Gasteiger partial charge on any atom is 0.174 e. The Bertz CT molecular complexity index is 998. The Morgan fingerprint density at radius 3 is 3.32 bits per heavy atom. The fourth-order valence-corrected chi connectivity index (χ4v) is 4.34. The molecule has 2 heterocycles. The quantitative estimate of drug-likeness (QED) is 0.795. The molecule has 1 aromatic carbocycles. The summed E-state index contributed by atoms with van der Waals surface area (Å²) in [5.41, 5.74) is -1.49. The van der Waals surface area contributed by atoms with Crippen LogP contribution in [0.1, 0.15) is 41.4 Å². The highest BCUT2D eigenvalue weighted by atomic mass is 16.5. The first-order chi connectivity index (χ1) is 13.7. The van der Waals surface area contributed by atoms with Crippen LogP contribution in [0.25, 0.3) is 0 Å². The Morgan fingerprint density at radius 2 is 2.50 bits per heavy atom. The van der Waals surface area contributed by atoms with Crippen molar-refractivity contribution in [3.63, 3.8) is 0 Å². The van der Waals surface area contributed by atoms with Crippen LogP contribution < -0.4 is 9.47 Å². The number of piperidine rings is 1. The maximum atomic E-state index is 13.0. The Balaban J connectivity index is 1.97. The summed E-state index contributed by atoms with van der Waals surface area (Å²) in [6.07, 6.45) is -5.43. The lowest BCUT2D eigenvalue weighted by molar-refractivity contribution is -0.138. The number of likely N-dealkylation sites (N-methyl/N-ethyl adjacent to an activating group) is 1. The molecule has 2 fully saturated rings. The first kappa shape index (κ1) is 7.35. The second-order valence-electron chi connectivity index (χ2n) is 6.13.